The summed E-state index contributed by atoms with van der Waals surface area (Å²) in [5.74, 6) is 1.64. The molecule has 6 rings (SSSR count). The minimum Gasteiger partial charge on any atom is -0.493 e. The number of halogens is 1. The number of ether oxygens (including phenoxy) is 4. The highest BCUT2D eigenvalue weighted by Gasteiger charge is 2.40. The van der Waals surface area contributed by atoms with Gasteiger partial charge in [-0.15, -0.1) is 0 Å². The lowest BCUT2D eigenvalue weighted by atomic mass is 9.87. The minimum atomic E-state index is 0.128. The molecule has 0 radical (unpaired) electrons. The highest BCUT2D eigenvalue weighted by molar-refractivity contribution is 6.32. The molecule has 4 aromatic rings. The molecule has 2 aliphatic heterocycles. The first-order chi connectivity index (χ1) is 23.4. The maximum atomic E-state index is 11.8. The Kier molecular flexibility index (Phi) is 10.6. The highest BCUT2D eigenvalue weighted by Crippen LogP contribution is 2.39. The molecular formula is C39H40ClN3O5. The average molecular weight is 666 g/mol. The van der Waals surface area contributed by atoms with Gasteiger partial charge in [-0.05, 0) is 85.7 Å². The van der Waals surface area contributed by atoms with Gasteiger partial charge in [0.05, 0.1) is 29.4 Å². The van der Waals surface area contributed by atoms with Crippen LogP contribution in [0.5, 0.6) is 17.2 Å². The van der Waals surface area contributed by atoms with Crippen molar-refractivity contribution < 1.29 is 23.7 Å². The van der Waals surface area contributed by atoms with Crippen LogP contribution < -0.4 is 14.2 Å². The van der Waals surface area contributed by atoms with Crippen LogP contribution in [0.2, 0.25) is 5.02 Å². The molecule has 0 bridgehead atoms. The normalized spacial score (nSPS) is 17.4. The molecule has 0 N–H and O–H groups in total. The summed E-state index contributed by atoms with van der Waals surface area (Å²) >= 11 is 6.52. The van der Waals surface area contributed by atoms with Crippen molar-refractivity contribution in [2.45, 2.75) is 46.3 Å². The average Bonchev–Trinajstić information content (AvgIpc) is 3.75. The largest absolute Gasteiger partial charge is 0.493 e. The lowest BCUT2D eigenvalue weighted by Crippen LogP contribution is -2.28. The zero-order valence-corrected chi connectivity index (χ0v) is 28.2. The predicted octanol–water partition coefficient (Wildman–Crippen LogP) is 7.74. The lowest BCUT2D eigenvalue weighted by molar-refractivity contribution is 0.111. The number of hydrogen-bond donors (Lipinski definition) is 0. The fraction of sp³-hybridized carbons (Fsp3) is 0.359. The van der Waals surface area contributed by atoms with E-state index in [4.69, 9.17) is 35.8 Å². The highest BCUT2D eigenvalue weighted by atomic mass is 35.5. The van der Waals surface area contributed by atoms with E-state index >= 15 is 0 Å². The Labute approximate surface area is 287 Å². The number of aldehydes is 1. The van der Waals surface area contributed by atoms with E-state index in [2.05, 4.69) is 41.9 Å². The van der Waals surface area contributed by atoms with Crippen LogP contribution in [0.3, 0.4) is 0 Å². The maximum Gasteiger partial charge on any atom is 0.153 e. The van der Waals surface area contributed by atoms with E-state index in [-0.39, 0.29) is 13.2 Å². The fourth-order valence-electron chi connectivity index (χ4n) is 6.68. The van der Waals surface area contributed by atoms with Crippen molar-refractivity contribution in [2.24, 2.45) is 5.41 Å². The second-order valence-corrected chi connectivity index (χ2v) is 13.2. The second-order valence-electron chi connectivity index (χ2n) is 12.8. The molecule has 48 heavy (non-hydrogen) atoms. The summed E-state index contributed by atoms with van der Waals surface area (Å²) in [6.45, 7) is 10.4. The molecule has 2 saturated heterocycles. The van der Waals surface area contributed by atoms with Crippen LogP contribution in [0.4, 0.5) is 0 Å². The van der Waals surface area contributed by atoms with E-state index < -0.39 is 0 Å². The van der Waals surface area contributed by atoms with E-state index in [0.29, 0.717) is 51.5 Å². The Hall–Kier alpha value is -4.42. The van der Waals surface area contributed by atoms with Crippen LogP contribution in [0.1, 0.15) is 57.4 Å². The van der Waals surface area contributed by atoms with Crippen LogP contribution in [-0.4, -0.2) is 55.6 Å². The van der Waals surface area contributed by atoms with Crippen molar-refractivity contribution in [3.8, 4) is 34.4 Å². The molecular weight excluding hydrogens is 626 g/mol. The van der Waals surface area contributed by atoms with Crippen LogP contribution in [0.25, 0.3) is 11.1 Å². The SMILES string of the molecule is Cc1c(COc2cc(OCc3cncc(C#N)c3)c(C=O)cc2Cl)cccc1-c1cccc(OCCCN2CCC3(CCOC3)C2)c1C. The van der Waals surface area contributed by atoms with E-state index in [0.717, 1.165) is 72.8 Å². The molecule has 1 atom stereocenters. The molecule has 1 aromatic heterocycles. The number of hydrogen-bond acceptors (Lipinski definition) is 8. The summed E-state index contributed by atoms with van der Waals surface area (Å²) in [5.41, 5.74) is 7.26. The van der Waals surface area contributed by atoms with Crippen molar-refractivity contribution >= 4 is 17.9 Å². The molecule has 0 saturated carbocycles. The number of carbonyl (C=O) groups excluding carboxylic acids is 1. The van der Waals surface area contributed by atoms with Gasteiger partial charge in [0, 0.05) is 49.1 Å². The number of aromatic nitrogens is 1. The molecule has 3 heterocycles. The summed E-state index contributed by atoms with van der Waals surface area (Å²) in [4.78, 5) is 18.4. The monoisotopic (exact) mass is 665 g/mol. The van der Waals surface area contributed by atoms with Gasteiger partial charge in [-0.2, -0.15) is 5.26 Å². The molecule has 2 aliphatic rings. The Morgan fingerprint density at radius 2 is 1.79 bits per heavy atom. The summed E-state index contributed by atoms with van der Waals surface area (Å²) in [7, 11) is 0. The van der Waals surface area contributed by atoms with Gasteiger partial charge < -0.3 is 23.8 Å². The van der Waals surface area contributed by atoms with Crippen LogP contribution in [0.15, 0.2) is 67.0 Å². The van der Waals surface area contributed by atoms with Crippen molar-refractivity contribution in [1.82, 2.24) is 9.88 Å². The first-order valence-corrected chi connectivity index (χ1v) is 16.8. The first-order valence-electron chi connectivity index (χ1n) is 16.4. The second kappa shape index (κ2) is 15.2. The molecule has 3 aromatic carbocycles. The van der Waals surface area contributed by atoms with Gasteiger partial charge in [-0.25, -0.2) is 0 Å². The van der Waals surface area contributed by atoms with Crippen LogP contribution >= 0.6 is 11.6 Å². The zero-order valence-electron chi connectivity index (χ0n) is 27.5. The third-order valence-corrected chi connectivity index (χ3v) is 9.79. The van der Waals surface area contributed by atoms with Gasteiger partial charge in [-0.1, -0.05) is 41.9 Å². The van der Waals surface area contributed by atoms with Gasteiger partial charge in [-0.3, -0.25) is 9.78 Å². The van der Waals surface area contributed by atoms with Crippen molar-refractivity contribution in [3.63, 3.8) is 0 Å². The smallest absolute Gasteiger partial charge is 0.153 e. The third-order valence-electron chi connectivity index (χ3n) is 9.49. The summed E-state index contributed by atoms with van der Waals surface area (Å²) in [5, 5.41) is 9.46. The minimum absolute atomic E-state index is 0.128. The number of nitrogens with zero attached hydrogens (tertiary/aromatic N) is 3. The number of likely N-dealkylation sites (tertiary alicyclic amines) is 1. The van der Waals surface area contributed by atoms with E-state index in [1.54, 1.807) is 18.3 Å². The van der Waals surface area contributed by atoms with Crippen molar-refractivity contribution in [3.05, 3.63) is 105 Å². The fourth-order valence-corrected chi connectivity index (χ4v) is 6.90. The molecule has 9 heteroatoms. The quantitative estimate of drug-likeness (QED) is 0.106. The van der Waals surface area contributed by atoms with Crippen molar-refractivity contribution in [2.75, 3.05) is 39.5 Å². The third kappa shape index (κ3) is 7.65. The number of pyridine rings is 1. The van der Waals surface area contributed by atoms with E-state index in [1.807, 2.05) is 24.3 Å². The Morgan fingerprint density at radius 3 is 2.58 bits per heavy atom. The summed E-state index contributed by atoms with van der Waals surface area (Å²) in [6, 6.07) is 19.3. The van der Waals surface area contributed by atoms with Crippen molar-refractivity contribution in [1.29, 1.82) is 5.26 Å². The molecule has 0 aliphatic carbocycles. The van der Waals surface area contributed by atoms with Gasteiger partial charge in [0.2, 0.25) is 0 Å². The first kappa shape index (κ1) is 33.5. The topological polar surface area (TPSA) is 93.9 Å². The standard InChI is InChI=1S/C39H40ClN3O5/c1-27-31(24-48-38-18-37(32(22-44)17-35(38)40)47-23-30-16-29(19-41)20-42-21-30)6-3-7-33(27)34-8-4-9-36(28(34)2)46-14-5-12-43-13-10-39(25-43)11-15-45-26-39/h3-4,6-9,16-18,20-22H,5,10-15,23-26H2,1-2H3. The van der Waals surface area contributed by atoms with E-state index in [1.165, 1.54) is 25.1 Å². The van der Waals surface area contributed by atoms with Gasteiger partial charge >= 0.3 is 0 Å². The predicted molar refractivity (Wildman–Crippen MR) is 185 cm³/mol. The summed E-state index contributed by atoms with van der Waals surface area (Å²) < 4.78 is 24.1. The molecule has 2 fully saturated rings. The molecule has 1 unspecified atom stereocenters. The Bertz CT molecular complexity index is 1810. The Morgan fingerprint density at radius 1 is 0.979 bits per heavy atom. The Balaban J connectivity index is 1.09. The van der Waals surface area contributed by atoms with Crippen LogP contribution in [0, 0.1) is 30.6 Å². The maximum absolute atomic E-state index is 11.8. The van der Waals surface area contributed by atoms with Gasteiger partial charge in [0.15, 0.2) is 6.29 Å². The van der Waals surface area contributed by atoms with E-state index in [9.17, 15) is 4.79 Å². The molecule has 0 amide bonds. The zero-order chi connectivity index (χ0) is 33.5. The number of benzene rings is 3. The molecule has 248 valence electrons. The molecule has 1 spiro atoms. The summed E-state index contributed by atoms with van der Waals surface area (Å²) in [6.07, 6.45) is 7.21. The van der Waals surface area contributed by atoms with Gasteiger partial charge in [0.1, 0.15) is 36.5 Å². The van der Waals surface area contributed by atoms with Gasteiger partial charge in [0.25, 0.3) is 0 Å². The van der Waals surface area contributed by atoms with Crippen LogP contribution in [-0.2, 0) is 18.0 Å². The number of nitriles is 1. The molecule has 8 nitrogen and oxygen atoms in total. The lowest BCUT2D eigenvalue weighted by Gasteiger charge is -2.22. The number of rotatable bonds is 13. The number of carbonyl (C=O) groups is 1.